The van der Waals surface area contributed by atoms with Crippen molar-refractivity contribution in [3.05, 3.63) is 41.0 Å². The van der Waals surface area contributed by atoms with Crippen LogP contribution in [0.3, 0.4) is 0 Å². The van der Waals surface area contributed by atoms with Crippen LogP contribution in [0.4, 0.5) is 10.3 Å². The number of carbonyl (C=O) groups is 1. The van der Waals surface area contributed by atoms with E-state index < -0.39 is 5.79 Å². The van der Waals surface area contributed by atoms with Gasteiger partial charge in [0.15, 0.2) is 5.79 Å². The van der Waals surface area contributed by atoms with Crippen LogP contribution >= 0.6 is 11.3 Å². The zero-order valence-corrected chi connectivity index (χ0v) is 17.7. The number of piperidine rings is 1. The second kappa shape index (κ2) is 7.33. The van der Waals surface area contributed by atoms with Gasteiger partial charge in [0.05, 0.1) is 23.8 Å². The SMILES string of the molecule is CN(C)c1nc2cc(C(=O)N3CCC4(CC3)OCCO4)sc2n1-c1ccc(F)cc1. The van der Waals surface area contributed by atoms with E-state index in [1.54, 1.807) is 12.1 Å². The summed E-state index contributed by atoms with van der Waals surface area (Å²) in [5.41, 5.74) is 1.56. The molecule has 158 valence electrons. The minimum atomic E-state index is -0.502. The number of halogens is 1. The minimum absolute atomic E-state index is 0.00269. The summed E-state index contributed by atoms with van der Waals surface area (Å²) in [6, 6.07) is 8.14. The number of amides is 1. The number of nitrogens with zero attached hydrogens (tertiary/aromatic N) is 4. The van der Waals surface area contributed by atoms with Gasteiger partial charge in [-0.1, -0.05) is 0 Å². The third kappa shape index (κ3) is 3.27. The molecule has 0 radical (unpaired) electrons. The van der Waals surface area contributed by atoms with Crippen LogP contribution in [-0.2, 0) is 9.47 Å². The van der Waals surface area contributed by atoms with Crippen molar-refractivity contribution in [3.63, 3.8) is 0 Å². The van der Waals surface area contributed by atoms with Crippen LogP contribution in [0.2, 0.25) is 0 Å². The Hall–Kier alpha value is -2.49. The number of anilines is 1. The van der Waals surface area contributed by atoms with E-state index in [9.17, 15) is 9.18 Å². The van der Waals surface area contributed by atoms with Crippen molar-refractivity contribution in [1.82, 2.24) is 14.5 Å². The number of aromatic nitrogens is 2. The molecule has 2 aliphatic heterocycles. The largest absolute Gasteiger partial charge is 0.348 e. The molecule has 0 aliphatic carbocycles. The quantitative estimate of drug-likeness (QED) is 0.638. The van der Waals surface area contributed by atoms with E-state index >= 15 is 0 Å². The summed E-state index contributed by atoms with van der Waals surface area (Å²) >= 11 is 1.41. The van der Waals surface area contributed by atoms with Gasteiger partial charge in [-0.25, -0.2) is 9.37 Å². The lowest BCUT2D eigenvalue weighted by Gasteiger charge is -2.37. The average molecular weight is 431 g/mol. The van der Waals surface area contributed by atoms with Crippen LogP contribution in [0.5, 0.6) is 0 Å². The Balaban J connectivity index is 1.45. The first kappa shape index (κ1) is 19.5. The van der Waals surface area contributed by atoms with E-state index in [1.807, 2.05) is 34.5 Å². The monoisotopic (exact) mass is 430 g/mol. The Bertz CT molecular complexity index is 1080. The number of fused-ring (bicyclic) bond motifs is 1. The number of benzene rings is 1. The van der Waals surface area contributed by atoms with Crippen LogP contribution < -0.4 is 4.90 Å². The molecule has 0 bridgehead atoms. The number of hydrogen-bond donors (Lipinski definition) is 0. The number of likely N-dealkylation sites (tertiary alicyclic amines) is 1. The van der Waals surface area contributed by atoms with Crippen molar-refractivity contribution in [2.45, 2.75) is 18.6 Å². The van der Waals surface area contributed by atoms with E-state index in [0.717, 1.165) is 22.0 Å². The fraction of sp³-hybridized carbons (Fsp3) is 0.429. The minimum Gasteiger partial charge on any atom is -0.348 e. The summed E-state index contributed by atoms with van der Waals surface area (Å²) in [5.74, 6) is -0.0555. The van der Waals surface area contributed by atoms with E-state index in [0.29, 0.717) is 44.0 Å². The van der Waals surface area contributed by atoms with Crippen molar-refractivity contribution in [3.8, 4) is 5.69 Å². The third-order valence-corrected chi connectivity index (χ3v) is 6.74. The lowest BCUT2D eigenvalue weighted by atomic mass is 10.0. The number of imidazole rings is 1. The zero-order chi connectivity index (χ0) is 20.9. The number of carbonyl (C=O) groups excluding carboxylic acids is 1. The maximum atomic E-state index is 13.4. The van der Waals surface area contributed by atoms with Crippen LogP contribution in [-0.4, -0.2) is 66.5 Å². The first-order valence-corrected chi connectivity index (χ1v) is 10.8. The molecule has 4 heterocycles. The van der Waals surface area contributed by atoms with E-state index in [2.05, 4.69) is 0 Å². The second-order valence-electron chi connectivity index (χ2n) is 7.82. The van der Waals surface area contributed by atoms with Gasteiger partial charge < -0.3 is 19.3 Å². The molecule has 2 saturated heterocycles. The van der Waals surface area contributed by atoms with Crippen molar-refractivity contribution < 1.29 is 18.7 Å². The van der Waals surface area contributed by atoms with Gasteiger partial charge in [0.1, 0.15) is 16.2 Å². The molecular weight excluding hydrogens is 407 g/mol. The summed E-state index contributed by atoms with van der Waals surface area (Å²) in [6.45, 7) is 2.46. The number of thiophene rings is 1. The summed E-state index contributed by atoms with van der Waals surface area (Å²) in [5, 5.41) is 0. The molecule has 7 nitrogen and oxygen atoms in total. The molecule has 2 aliphatic rings. The highest BCUT2D eigenvalue weighted by Gasteiger charge is 2.41. The number of ether oxygens (including phenoxy) is 2. The molecule has 2 aromatic heterocycles. The third-order valence-electron chi connectivity index (χ3n) is 5.64. The maximum Gasteiger partial charge on any atom is 0.264 e. The van der Waals surface area contributed by atoms with Crippen LogP contribution in [0.1, 0.15) is 22.5 Å². The van der Waals surface area contributed by atoms with Gasteiger partial charge in [0.2, 0.25) is 5.95 Å². The molecule has 1 aromatic carbocycles. The molecule has 3 aromatic rings. The predicted octanol–water partition coefficient (Wildman–Crippen LogP) is 3.27. The van der Waals surface area contributed by atoms with Crippen molar-refractivity contribution in [2.75, 3.05) is 45.3 Å². The topological polar surface area (TPSA) is 59.8 Å². The van der Waals surface area contributed by atoms with E-state index in [-0.39, 0.29) is 11.7 Å². The van der Waals surface area contributed by atoms with Gasteiger partial charge in [0, 0.05) is 40.0 Å². The maximum absolute atomic E-state index is 13.4. The molecule has 0 atom stereocenters. The van der Waals surface area contributed by atoms with Crippen LogP contribution in [0.25, 0.3) is 16.0 Å². The fourth-order valence-corrected chi connectivity index (χ4v) is 5.16. The van der Waals surface area contributed by atoms with Gasteiger partial charge in [-0.2, -0.15) is 0 Å². The van der Waals surface area contributed by atoms with E-state index in [1.165, 1.54) is 23.5 Å². The molecule has 5 rings (SSSR count). The van der Waals surface area contributed by atoms with Gasteiger partial charge in [-0.3, -0.25) is 9.36 Å². The highest BCUT2D eigenvalue weighted by molar-refractivity contribution is 7.20. The Morgan fingerprint density at radius 3 is 2.47 bits per heavy atom. The molecule has 9 heteroatoms. The second-order valence-corrected chi connectivity index (χ2v) is 8.85. The van der Waals surface area contributed by atoms with Crippen molar-refractivity contribution in [2.24, 2.45) is 0 Å². The number of rotatable bonds is 3. The Morgan fingerprint density at radius 2 is 1.83 bits per heavy atom. The summed E-state index contributed by atoms with van der Waals surface area (Å²) < 4.78 is 26.9. The lowest BCUT2D eigenvalue weighted by molar-refractivity contribution is -0.181. The molecule has 1 amide bonds. The molecule has 0 unspecified atom stereocenters. The lowest BCUT2D eigenvalue weighted by Crippen LogP contribution is -2.47. The normalized spacial score (nSPS) is 18.4. The molecule has 0 saturated carbocycles. The van der Waals surface area contributed by atoms with Crippen LogP contribution in [0, 0.1) is 5.82 Å². The van der Waals surface area contributed by atoms with Gasteiger partial charge >= 0.3 is 0 Å². The van der Waals surface area contributed by atoms with Crippen LogP contribution in [0.15, 0.2) is 30.3 Å². The molecule has 1 spiro atoms. The fourth-order valence-electron chi connectivity index (χ4n) is 4.08. The Morgan fingerprint density at radius 1 is 1.17 bits per heavy atom. The standard InChI is InChI=1S/C21H23FN4O3S/c1-24(2)20-23-16-13-17(30-19(16)26(20)15-5-3-14(22)4-6-15)18(27)25-9-7-21(8-10-25)28-11-12-29-21/h3-6,13H,7-12H2,1-2H3. The number of hydrogen-bond acceptors (Lipinski definition) is 6. The highest BCUT2D eigenvalue weighted by atomic mass is 32.1. The van der Waals surface area contributed by atoms with Gasteiger partial charge in [-0.15, -0.1) is 11.3 Å². The first-order valence-electron chi connectivity index (χ1n) is 9.98. The molecule has 2 fully saturated rings. The Kier molecular flexibility index (Phi) is 4.76. The van der Waals surface area contributed by atoms with E-state index in [4.69, 9.17) is 14.5 Å². The zero-order valence-electron chi connectivity index (χ0n) is 16.9. The van der Waals surface area contributed by atoms with Gasteiger partial charge in [-0.05, 0) is 30.3 Å². The summed E-state index contributed by atoms with van der Waals surface area (Å²) in [4.78, 5) is 23.1. The van der Waals surface area contributed by atoms with Gasteiger partial charge in [0.25, 0.3) is 5.91 Å². The summed E-state index contributed by atoms with van der Waals surface area (Å²) in [6.07, 6.45) is 1.38. The predicted molar refractivity (Wildman–Crippen MR) is 113 cm³/mol. The molecule has 30 heavy (non-hydrogen) atoms. The molecule has 0 N–H and O–H groups in total. The van der Waals surface area contributed by atoms with Crippen molar-refractivity contribution in [1.29, 1.82) is 0 Å². The summed E-state index contributed by atoms with van der Waals surface area (Å²) in [7, 11) is 3.82. The molecular formula is C21H23FN4O3S. The average Bonchev–Trinajstić information content (AvgIpc) is 3.44. The Labute approximate surface area is 177 Å². The van der Waals surface area contributed by atoms with Crippen molar-refractivity contribution >= 4 is 33.5 Å². The smallest absolute Gasteiger partial charge is 0.264 e. The highest BCUT2D eigenvalue weighted by Crippen LogP contribution is 2.35. The first-order chi connectivity index (χ1) is 14.5.